The Morgan fingerprint density at radius 1 is 1.03 bits per heavy atom. The Labute approximate surface area is 214 Å². The second kappa shape index (κ2) is 12.2. The Morgan fingerprint density at radius 3 is 2.33 bits per heavy atom. The molecule has 0 amide bonds. The quantitative estimate of drug-likeness (QED) is 0.100. The first-order chi connectivity index (χ1) is 17.2. The van der Waals surface area contributed by atoms with Gasteiger partial charge >= 0.3 is 5.97 Å². The topological polar surface area (TPSA) is 87.9 Å². The largest absolute Gasteiger partial charge is 0.489 e. The van der Waals surface area contributed by atoms with Crippen LogP contribution in [-0.4, -0.2) is 23.1 Å². The average Bonchev–Trinajstić information content (AvgIpc) is 2.86. The van der Waals surface area contributed by atoms with Gasteiger partial charge in [0.25, 0.3) is 5.69 Å². The highest BCUT2D eigenvalue weighted by Gasteiger charge is 2.39. The predicted molar refractivity (Wildman–Crippen MR) is 140 cm³/mol. The summed E-state index contributed by atoms with van der Waals surface area (Å²) in [5.41, 5.74) is 3.47. The Kier molecular flexibility index (Phi) is 9.35. The molecule has 1 aliphatic rings. The van der Waals surface area contributed by atoms with E-state index in [0.717, 1.165) is 60.1 Å². The van der Waals surface area contributed by atoms with E-state index >= 15 is 0 Å². The number of esters is 1. The zero-order valence-corrected chi connectivity index (χ0v) is 22.3. The molecular formula is C29H39NO6. The van der Waals surface area contributed by atoms with Crippen LogP contribution in [-0.2, 0) is 11.2 Å². The van der Waals surface area contributed by atoms with Crippen molar-refractivity contribution in [2.45, 2.75) is 98.0 Å². The summed E-state index contributed by atoms with van der Waals surface area (Å²) in [7, 11) is 0. The molecule has 0 bridgehead atoms. The van der Waals surface area contributed by atoms with Crippen molar-refractivity contribution in [1.29, 1.82) is 0 Å². The second-order valence-corrected chi connectivity index (χ2v) is 9.95. The summed E-state index contributed by atoms with van der Waals surface area (Å²) in [4.78, 5) is 22.3. The minimum absolute atomic E-state index is 0.0390. The van der Waals surface area contributed by atoms with Gasteiger partial charge in [-0.3, -0.25) is 14.9 Å². The number of carbonyl (C=O) groups is 1. The standard InChI is InChI=1S/C29H39NO6/c1-6-7-8-9-10-11-17-29(19-34-25-14-12-24(13-15-25)30(32)33)18-16-26-22(4)27(35-23(5)31)20(2)21(3)28(26)36-29/h12-15H,6-11,16-19H2,1-5H3. The number of fused-ring (bicyclic) bond motifs is 1. The average molecular weight is 498 g/mol. The Morgan fingerprint density at radius 2 is 1.69 bits per heavy atom. The molecule has 3 rings (SSSR count). The van der Waals surface area contributed by atoms with Crippen molar-refractivity contribution >= 4 is 11.7 Å². The molecule has 0 radical (unpaired) electrons. The molecule has 0 aliphatic carbocycles. The lowest BCUT2D eigenvalue weighted by Crippen LogP contribution is -2.45. The third-order valence-corrected chi connectivity index (χ3v) is 7.24. The summed E-state index contributed by atoms with van der Waals surface area (Å²) in [6.45, 7) is 9.96. The van der Waals surface area contributed by atoms with E-state index in [4.69, 9.17) is 14.2 Å². The molecule has 2 aromatic rings. The molecule has 7 heteroatoms. The molecule has 1 heterocycles. The first kappa shape index (κ1) is 27.5. The van der Waals surface area contributed by atoms with Crippen molar-refractivity contribution in [3.63, 3.8) is 0 Å². The maximum atomic E-state index is 11.7. The third-order valence-electron chi connectivity index (χ3n) is 7.24. The molecule has 0 aromatic heterocycles. The summed E-state index contributed by atoms with van der Waals surface area (Å²) in [6.07, 6.45) is 9.61. The molecule has 1 aliphatic heterocycles. The normalized spacial score (nSPS) is 16.7. The van der Waals surface area contributed by atoms with Gasteiger partial charge < -0.3 is 14.2 Å². The van der Waals surface area contributed by atoms with Crippen molar-refractivity contribution < 1.29 is 23.9 Å². The highest BCUT2D eigenvalue weighted by atomic mass is 16.6. The van der Waals surface area contributed by atoms with Crippen LogP contribution in [0.1, 0.15) is 87.5 Å². The fraction of sp³-hybridized carbons (Fsp3) is 0.552. The third kappa shape index (κ3) is 6.56. The van der Waals surface area contributed by atoms with E-state index < -0.39 is 10.5 Å². The van der Waals surface area contributed by atoms with Crippen LogP contribution in [0.15, 0.2) is 24.3 Å². The van der Waals surface area contributed by atoms with E-state index in [1.807, 2.05) is 20.8 Å². The number of unbranched alkanes of at least 4 members (excludes halogenated alkanes) is 5. The van der Waals surface area contributed by atoms with Crippen LogP contribution in [0.5, 0.6) is 17.2 Å². The SMILES string of the molecule is CCCCCCCCC1(COc2ccc([N+](=O)[O-])cc2)CCc2c(C)c(OC(C)=O)c(C)c(C)c2O1. The van der Waals surface area contributed by atoms with Gasteiger partial charge in [0, 0.05) is 24.6 Å². The van der Waals surface area contributed by atoms with Gasteiger partial charge in [0.1, 0.15) is 29.5 Å². The van der Waals surface area contributed by atoms with E-state index in [1.54, 1.807) is 12.1 Å². The predicted octanol–water partition coefficient (Wildman–Crippen LogP) is 7.34. The van der Waals surface area contributed by atoms with Crippen LogP contribution in [0.3, 0.4) is 0 Å². The first-order valence-electron chi connectivity index (χ1n) is 13.0. The van der Waals surface area contributed by atoms with E-state index in [9.17, 15) is 14.9 Å². The van der Waals surface area contributed by atoms with E-state index in [2.05, 4.69) is 6.92 Å². The molecule has 0 fully saturated rings. The molecule has 1 atom stereocenters. The van der Waals surface area contributed by atoms with Crippen molar-refractivity contribution in [3.8, 4) is 17.2 Å². The lowest BCUT2D eigenvalue weighted by atomic mass is 9.83. The number of rotatable bonds is 12. The molecule has 1 unspecified atom stereocenters. The number of nitro groups is 1. The number of hydrogen-bond donors (Lipinski definition) is 0. The van der Waals surface area contributed by atoms with Crippen molar-refractivity contribution in [3.05, 3.63) is 56.6 Å². The van der Waals surface area contributed by atoms with Crippen LogP contribution >= 0.6 is 0 Å². The first-order valence-corrected chi connectivity index (χ1v) is 13.0. The van der Waals surface area contributed by atoms with Crippen molar-refractivity contribution in [1.82, 2.24) is 0 Å². The molecule has 0 saturated carbocycles. The van der Waals surface area contributed by atoms with Crippen LogP contribution in [0.2, 0.25) is 0 Å². The number of benzene rings is 2. The smallest absolute Gasteiger partial charge is 0.308 e. The zero-order valence-electron chi connectivity index (χ0n) is 22.3. The van der Waals surface area contributed by atoms with Gasteiger partial charge in [-0.05, 0) is 75.3 Å². The Bertz CT molecular complexity index is 1080. The van der Waals surface area contributed by atoms with Crippen LogP contribution in [0.4, 0.5) is 5.69 Å². The molecule has 0 N–H and O–H groups in total. The fourth-order valence-electron chi connectivity index (χ4n) is 4.97. The van der Waals surface area contributed by atoms with Crippen molar-refractivity contribution in [2.75, 3.05) is 6.61 Å². The second-order valence-electron chi connectivity index (χ2n) is 9.95. The molecule has 0 spiro atoms. The van der Waals surface area contributed by atoms with E-state index in [1.165, 1.54) is 44.7 Å². The van der Waals surface area contributed by atoms with Crippen LogP contribution in [0, 0.1) is 30.9 Å². The van der Waals surface area contributed by atoms with Gasteiger partial charge in [-0.25, -0.2) is 0 Å². The highest BCUT2D eigenvalue weighted by molar-refractivity contribution is 5.72. The maximum Gasteiger partial charge on any atom is 0.308 e. The Balaban J connectivity index is 1.83. The van der Waals surface area contributed by atoms with Crippen LogP contribution < -0.4 is 14.2 Å². The maximum absolute atomic E-state index is 11.7. The van der Waals surface area contributed by atoms with E-state index in [0.29, 0.717) is 18.1 Å². The number of ether oxygens (including phenoxy) is 3. The minimum Gasteiger partial charge on any atom is -0.489 e. The number of non-ortho nitro benzene ring substituents is 1. The summed E-state index contributed by atoms with van der Waals surface area (Å²) >= 11 is 0. The van der Waals surface area contributed by atoms with Gasteiger partial charge in [-0.2, -0.15) is 0 Å². The summed E-state index contributed by atoms with van der Waals surface area (Å²) in [6, 6.07) is 6.19. The van der Waals surface area contributed by atoms with Gasteiger partial charge in [-0.1, -0.05) is 39.0 Å². The molecule has 7 nitrogen and oxygen atoms in total. The monoisotopic (exact) mass is 497 g/mol. The Hall–Kier alpha value is -3.09. The lowest BCUT2D eigenvalue weighted by Gasteiger charge is -2.40. The fourth-order valence-corrected chi connectivity index (χ4v) is 4.97. The lowest BCUT2D eigenvalue weighted by molar-refractivity contribution is -0.384. The number of nitro benzene ring substituents is 1. The number of carbonyl (C=O) groups excluding carboxylic acids is 1. The highest BCUT2D eigenvalue weighted by Crippen LogP contribution is 2.45. The summed E-state index contributed by atoms with van der Waals surface area (Å²) < 4.78 is 18.5. The minimum atomic E-state index is -0.494. The number of nitrogens with zero attached hydrogens (tertiary/aromatic N) is 1. The van der Waals surface area contributed by atoms with Gasteiger partial charge in [-0.15, -0.1) is 0 Å². The zero-order chi connectivity index (χ0) is 26.3. The summed E-state index contributed by atoms with van der Waals surface area (Å²) in [5.74, 6) is 1.76. The van der Waals surface area contributed by atoms with Gasteiger partial charge in [0.2, 0.25) is 0 Å². The molecular weight excluding hydrogens is 458 g/mol. The van der Waals surface area contributed by atoms with Gasteiger partial charge in [0.15, 0.2) is 0 Å². The van der Waals surface area contributed by atoms with E-state index in [-0.39, 0.29) is 11.7 Å². The molecule has 0 saturated heterocycles. The van der Waals surface area contributed by atoms with Crippen molar-refractivity contribution in [2.24, 2.45) is 0 Å². The van der Waals surface area contributed by atoms with Gasteiger partial charge in [0.05, 0.1) is 4.92 Å². The molecule has 2 aromatic carbocycles. The number of hydrogen-bond acceptors (Lipinski definition) is 6. The van der Waals surface area contributed by atoms with Crippen LogP contribution in [0.25, 0.3) is 0 Å². The molecule has 196 valence electrons. The molecule has 36 heavy (non-hydrogen) atoms. The summed E-state index contributed by atoms with van der Waals surface area (Å²) in [5, 5.41) is 11.0.